The van der Waals surface area contributed by atoms with Gasteiger partial charge >= 0.3 is 0 Å². The van der Waals surface area contributed by atoms with Gasteiger partial charge in [0.1, 0.15) is 0 Å². The van der Waals surface area contributed by atoms with E-state index in [1.807, 2.05) is 13.8 Å². The number of carbonyl (C=O) groups is 1. The summed E-state index contributed by atoms with van der Waals surface area (Å²) in [5.74, 6) is -0.203. The molecule has 5 nitrogen and oxygen atoms in total. The predicted octanol–water partition coefficient (Wildman–Crippen LogP) is 3.57. The summed E-state index contributed by atoms with van der Waals surface area (Å²) in [5, 5.41) is 3.04. The number of aryl methyl sites for hydroxylation is 1. The third-order valence-corrected chi connectivity index (χ3v) is 7.01. The zero-order valence-corrected chi connectivity index (χ0v) is 18.0. The maximum atomic E-state index is 12.6. The van der Waals surface area contributed by atoms with Gasteiger partial charge in [0, 0.05) is 18.2 Å². The summed E-state index contributed by atoms with van der Waals surface area (Å²) in [4.78, 5) is 15.2. The van der Waals surface area contributed by atoms with Crippen LogP contribution in [0.4, 0.5) is 0 Å². The summed E-state index contributed by atoms with van der Waals surface area (Å²) in [5.41, 5.74) is 2.24. The zero-order valence-electron chi connectivity index (χ0n) is 17.2. The number of nitrogens with one attached hydrogen (secondary N) is 1. The SMILES string of the molecule is Cc1ccc(S(=O)(=O)Cc2ccc(C(=O)NC(C)CN3CCCCC3)cc2)cc1. The van der Waals surface area contributed by atoms with Gasteiger partial charge in [-0.05, 0) is 69.6 Å². The van der Waals surface area contributed by atoms with Crippen molar-refractivity contribution in [3.8, 4) is 0 Å². The Morgan fingerprint density at radius 3 is 2.24 bits per heavy atom. The largest absolute Gasteiger partial charge is 0.348 e. The van der Waals surface area contributed by atoms with Crippen LogP contribution in [0.25, 0.3) is 0 Å². The Labute approximate surface area is 174 Å². The smallest absolute Gasteiger partial charge is 0.251 e. The molecule has 1 fully saturated rings. The Bertz CT molecular complexity index is 916. The molecule has 0 aliphatic carbocycles. The highest BCUT2D eigenvalue weighted by atomic mass is 32.2. The Morgan fingerprint density at radius 1 is 1.00 bits per heavy atom. The highest BCUT2D eigenvalue weighted by Gasteiger charge is 2.17. The first-order chi connectivity index (χ1) is 13.8. The van der Waals surface area contributed by atoms with Gasteiger partial charge in [0.15, 0.2) is 9.84 Å². The van der Waals surface area contributed by atoms with E-state index >= 15 is 0 Å². The molecule has 1 aliphatic heterocycles. The van der Waals surface area contributed by atoms with Crippen molar-refractivity contribution in [2.45, 2.75) is 49.8 Å². The van der Waals surface area contributed by atoms with Crippen LogP contribution in [0, 0.1) is 6.92 Å². The first-order valence-electron chi connectivity index (χ1n) is 10.2. The Kier molecular flexibility index (Phi) is 7.09. The highest BCUT2D eigenvalue weighted by Crippen LogP contribution is 2.18. The molecule has 0 bridgehead atoms. The second-order valence-electron chi connectivity index (χ2n) is 8.00. The molecular formula is C23H30N2O3S. The van der Waals surface area contributed by atoms with E-state index in [9.17, 15) is 13.2 Å². The molecule has 1 heterocycles. The minimum atomic E-state index is -3.40. The molecule has 3 rings (SSSR count). The number of sulfone groups is 1. The summed E-state index contributed by atoms with van der Waals surface area (Å²) in [7, 11) is -3.40. The van der Waals surface area contributed by atoms with E-state index in [0.29, 0.717) is 16.0 Å². The molecule has 29 heavy (non-hydrogen) atoms. The van der Waals surface area contributed by atoms with Gasteiger partial charge in [0.05, 0.1) is 10.6 Å². The molecule has 1 unspecified atom stereocenters. The molecule has 0 spiro atoms. The van der Waals surface area contributed by atoms with Gasteiger partial charge in [-0.2, -0.15) is 0 Å². The van der Waals surface area contributed by atoms with Gasteiger partial charge in [0.2, 0.25) is 0 Å². The van der Waals surface area contributed by atoms with Crippen molar-refractivity contribution in [3.63, 3.8) is 0 Å². The second kappa shape index (κ2) is 9.55. The topological polar surface area (TPSA) is 66.5 Å². The van der Waals surface area contributed by atoms with Crippen LogP contribution < -0.4 is 5.32 Å². The number of benzene rings is 2. The number of nitrogens with zero attached hydrogens (tertiary/aromatic N) is 1. The minimum absolute atomic E-state index is 0.0715. The van der Waals surface area contributed by atoms with E-state index in [-0.39, 0.29) is 17.7 Å². The normalized spacial score (nSPS) is 16.3. The van der Waals surface area contributed by atoms with Crippen molar-refractivity contribution in [2.75, 3.05) is 19.6 Å². The van der Waals surface area contributed by atoms with Gasteiger partial charge < -0.3 is 10.2 Å². The van der Waals surface area contributed by atoms with Gasteiger partial charge in [-0.3, -0.25) is 4.79 Å². The van der Waals surface area contributed by atoms with Gasteiger partial charge in [0.25, 0.3) is 5.91 Å². The number of hydrogen-bond acceptors (Lipinski definition) is 4. The lowest BCUT2D eigenvalue weighted by Crippen LogP contribution is -2.43. The maximum Gasteiger partial charge on any atom is 0.251 e. The molecule has 0 radical (unpaired) electrons. The number of hydrogen-bond donors (Lipinski definition) is 1. The molecule has 2 aromatic carbocycles. The van der Waals surface area contributed by atoms with E-state index < -0.39 is 9.84 Å². The van der Waals surface area contributed by atoms with Gasteiger partial charge in [-0.1, -0.05) is 36.2 Å². The molecule has 6 heteroatoms. The summed E-state index contributed by atoms with van der Waals surface area (Å²) >= 11 is 0. The monoisotopic (exact) mass is 414 g/mol. The van der Waals surface area contributed by atoms with Crippen molar-refractivity contribution in [3.05, 3.63) is 65.2 Å². The second-order valence-corrected chi connectivity index (χ2v) is 9.99. The van der Waals surface area contributed by atoms with Crippen LogP contribution in [0.1, 0.15) is 47.7 Å². The number of carbonyl (C=O) groups excluding carboxylic acids is 1. The number of amides is 1. The minimum Gasteiger partial charge on any atom is -0.348 e. The van der Waals surface area contributed by atoms with Crippen molar-refractivity contribution >= 4 is 15.7 Å². The van der Waals surface area contributed by atoms with E-state index in [4.69, 9.17) is 0 Å². The molecule has 156 valence electrons. The molecule has 1 atom stereocenters. The van der Waals surface area contributed by atoms with Crippen LogP contribution in [0.5, 0.6) is 0 Å². The third-order valence-electron chi connectivity index (χ3n) is 5.31. The molecule has 1 N–H and O–H groups in total. The van der Waals surface area contributed by atoms with Gasteiger partial charge in [-0.25, -0.2) is 8.42 Å². The average Bonchev–Trinajstić information content (AvgIpc) is 2.69. The Hall–Kier alpha value is -2.18. The molecule has 0 aromatic heterocycles. The Balaban J connectivity index is 1.57. The highest BCUT2D eigenvalue weighted by molar-refractivity contribution is 7.90. The van der Waals surface area contributed by atoms with E-state index in [1.54, 1.807) is 48.5 Å². The van der Waals surface area contributed by atoms with Crippen molar-refractivity contribution in [2.24, 2.45) is 0 Å². The lowest BCUT2D eigenvalue weighted by molar-refractivity contribution is 0.0925. The molecule has 1 saturated heterocycles. The van der Waals surface area contributed by atoms with Gasteiger partial charge in [-0.15, -0.1) is 0 Å². The predicted molar refractivity (Wildman–Crippen MR) is 116 cm³/mol. The third kappa shape index (κ3) is 6.15. The van der Waals surface area contributed by atoms with Crippen LogP contribution >= 0.6 is 0 Å². The summed E-state index contributed by atoms with van der Waals surface area (Å²) in [6.07, 6.45) is 3.75. The molecular weight excluding hydrogens is 384 g/mol. The van der Waals surface area contributed by atoms with E-state index in [1.165, 1.54) is 19.3 Å². The van der Waals surface area contributed by atoms with Crippen LogP contribution in [0.2, 0.25) is 0 Å². The lowest BCUT2D eigenvalue weighted by Gasteiger charge is -2.29. The number of piperidine rings is 1. The fraction of sp³-hybridized carbons (Fsp3) is 0.435. The zero-order chi connectivity index (χ0) is 20.9. The summed E-state index contributed by atoms with van der Waals surface area (Å²) in [6, 6.07) is 13.8. The summed E-state index contributed by atoms with van der Waals surface area (Å²) in [6.45, 7) is 7.01. The number of likely N-dealkylation sites (tertiary alicyclic amines) is 1. The Morgan fingerprint density at radius 2 is 1.62 bits per heavy atom. The molecule has 2 aromatic rings. The van der Waals surface area contributed by atoms with E-state index in [0.717, 1.165) is 25.2 Å². The van der Waals surface area contributed by atoms with Crippen LogP contribution in [0.15, 0.2) is 53.4 Å². The molecule has 1 aliphatic rings. The standard InChI is InChI=1S/C23H30N2O3S/c1-18-6-12-22(13-7-18)29(27,28)17-20-8-10-21(11-9-20)23(26)24-19(2)16-25-14-4-3-5-15-25/h6-13,19H,3-5,14-17H2,1-2H3,(H,24,26). The number of rotatable bonds is 7. The molecule has 0 saturated carbocycles. The fourth-order valence-corrected chi connectivity index (χ4v) is 5.03. The maximum absolute atomic E-state index is 12.6. The van der Waals surface area contributed by atoms with Crippen LogP contribution in [-0.2, 0) is 15.6 Å². The van der Waals surface area contributed by atoms with Crippen LogP contribution in [-0.4, -0.2) is 44.9 Å². The van der Waals surface area contributed by atoms with Crippen molar-refractivity contribution in [1.82, 2.24) is 10.2 Å². The van der Waals surface area contributed by atoms with Crippen molar-refractivity contribution in [1.29, 1.82) is 0 Å². The first-order valence-corrected chi connectivity index (χ1v) is 11.9. The first kappa shape index (κ1) is 21.5. The van der Waals surface area contributed by atoms with E-state index in [2.05, 4.69) is 10.2 Å². The summed E-state index contributed by atoms with van der Waals surface area (Å²) < 4.78 is 25.2. The average molecular weight is 415 g/mol. The lowest BCUT2D eigenvalue weighted by atomic mass is 10.1. The quantitative estimate of drug-likeness (QED) is 0.752. The van der Waals surface area contributed by atoms with Crippen LogP contribution in [0.3, 0.4) is 0 Å². The fourth-order valence-electron chi connectivity index (χ4n) is 3.68. The van der Waals surface area contributed by atoms with Crippen molar-refractivity contribution < 1.29 is 13.2 Å². The molecule has 1 amide bonds.